The third-order valence-electron chi connectivity index (χ3n) is 0. The second-order valence-corrected chi connectivity index (χ2v) is 1.85. The van der Waals surface area contributed by atoms with E-state index in [0.717, 1.165) is 0 Å². The fourth-order valence-electron chi connectivity index (χ4n) is 0. The van der Waals surface area contributed by atoms with Crippen molar-refractivity contribution in [1.82, 2.24) is 0 Å². The molecule has 4 nitrogen and oxygen atoms in total. The predicted molar refractivity (Wildman–Crippen MR) is 25.4 cm³/mol. The second-order valence-electron chi connectivity index (χ2n) is 0.448. The van der Waals surface area contributed by atoms with E-state index in [9.17, 15) is 0 Å². The van der Waals surface area contributed by atoms with Gasteiger partial charge in [-0.25, -0.2) is 0 Å². The van der Waals surface area contributed by atoms with E-state index in [1.54, 1.807) is 0 Å². The molecule has 0 aromatic rings. The van der Waals surface area contributed by atoms with Gasteiger partial charge >= 0.3 is 75.6 Å². The van der Waals surface area contributed by atoms with Gasteiger partial charge in [0.05, 0.1) is 0 Å². The Morgan fingerprint density at radius 3 is 1.00 bits per heavy atom. The normalized spacial score (nSPS) is 7.25. The molecule has 0 radical (unpaired) electrons. The van der Waals surface area contributed by atoms with Crippen molar-refractivity contribution in [2.75, 3.05) is 0 Å². The van der Waals surface area contributed by atoms with Gasteiger partial charge in [0.1, 0.15) is 0 Å². The molecule has 0 saturated carbocycles. The van der Waals surface area contributed by atoms with E-state index >= 15 is 0 Å². The van der Waals surface area contributed by atoms with E-state index in [2.05, 4.69) is 0 Å². The fraction of sp³-hybridized carbons (Fsp3) is 0. The number of hydrogen-bond acceptors (Lipinski definition) is 2. The summed E-state index contributed by atoms with van der Waals surface area (Å²) in [6.07, 6.45) is 0. The first-order valence-electron chi connectivity index (χ1n) is 0.698. The van der Waals surface area contributed by atoms with E-state index in [1.165, 1.54) is 0 Å². The first kappa shape index (κ1) is 22.7. The molecule has 8 heteroatoms. The molecule has 0 amide bonds. The zero-order valence-electron chi connectivity index (χ0n) is 2.53. The topological polar surface area (TPSA) is 74.6 Å². The summed E-state index contributed by atoms with van der Waals surface area (Å²) in [5.74, 6) is 0. The van der Waals surface area contributed by atoms with Crippen LogP contribution in [-0.4, -0.2) is 54.4 Å². The van der Waals surface area contributed by atoms with Gasteiger partial charge in [-0.3, -0.25) is 4.70 Å². The van der Waals surface area contributed by atoms with Crippen molar-refractivity contribution in [2.24, 2.45) is 0 Å². The van der Waals surface area contributed by atoms with Crippen LogP contribution in [0.2, 0.25) is 0 Å². The van der Waals surface area contributed by atoms with Crippen molar-refractivity contribution >= 4 is 46.1 Å². The predicted octanol–water partition coefficient (Wildman–Crippen LogP) is -3.03. The Bertz CT molecular complexity index is 97.2. The zero-order chi connectivity index (χ0) is 4.50. The summed E-state index contributed by atoms with van der Waals surface area (Å²) in [5, 5.41) is 0. The quantitative estimate of drug-likeness (QED) is 0.399. The van der Waals surface area contributed by atoms with Gasteiger partial charge in [-0.15, -0.1) is 0 Å². The van der Waals surface area contributed by atoms with E-state index in [4.69, 9.17) is 15.9 Å². The number of rotatable bonds is 0. The fourth-order valence-corrected chi connectivity index (χ4v) is 0. The van der Waals surface area contributed by atoms with Crippen LogP contribution in [0.15, 0.2) is 0 Å². The van der Waals surface area contributed by atoms with Crippen LogP contribution >= 0.6 is 0 Å². The van der Waals surface area contributed by atoms with Gasteiger partial charge in [0, 0.05) is 0 Å². The minimum atomic E-state index is -5.25. The van der Waals surface area contributed by atoms with E-state index in [-0.39, 0.29) is 50.8 Å². The Morgan fingerprint density at radius 1 is 1.00 bits per heavy atom. The Balaban J connectivity index is -0.0000000267. The van der Waals surface area contributed by atoms with Crippen molar-refractivity contribution in [2.45, 2.75) is 0 Å². The molecule has 48 valence electrons. The molecular weight excluding hydrogens is 184 g/mol. The van der Waals surface area contributed by atoms with E-state index < -0.39 is 13.6 Å². The standard InChI is InChI=1S/Cr.FH.2Mg.2H2O.2O.4H/h;1H;;;2*1H2;;;;;;/q+2;;;;;;;;;;;/p-2. The van der Waals surface area contributed by atoms with Crippen molar-refractivity contribution in [3.8, 4) is 0 Å². The number of hydrogen-bond donors (Lipinski definition) is 2. The van der Waals surface area contributed by atoms with Gasteiger partial charge in [-0.2, -0.15) is 0 Å². The maximum absolute atomic E-state index is 8.82. The van der Waals surface area contributed by atoms with Crippen molar-refractivity contribution < 1.29 is 34.2 Å². The molecule has 0 heterocycles. The summed E-state index contributed by atoms with van der Waals surface area (Å²) in [7, 11) is 0. The molecule has 2 N–H and O–H groups in total. The molecular formula is H7CrFMg2O4. The molecule has 0 unspecified atom stereocenters. The van der Waals surface area contributed by atoms with Crippen molar-refractivity contribution in [3.63, 3.8) is 0 Å². The summed E-state index contributed by atoms with van der Waals surface area (Å²) in [4.78, 5) is 0. The Labute approximate surface area is 79.7 Å². The average Bonchev–Trinajstić information content (AvgIpc) is 0.722. The Morgan fingerprint density at radius 2 is 1.00 bits per heavy atom. The molecule has 0 fully saturated rings. The first-order valence-corrected chi connectivity index (χ1v) is 2.88. The summed E-state index contributed by atoms with van der Waals surface area (Å²) in [5.41, 5.74) is 0. The Kier molecular flexibility index (Phi) is 24.1. The molecule has 8 heavy (non-hydrogen) atoms. The van der Waals surface area contributed by atoms with Gasteiger partial charge in [0.25, 0.3) is 0 Å². The van der Waals surface area contributed by atoms with Crippen LogP contribution in [0.5, 0.6) is 0 Å². The van der Waals surface area contributed by atoms with Crippen LogP contribution < -0.4 is 0 Å². The van der Waals surface area contributed by atoms with Crippen LogP contribution in [0.25, 0.3) is 0 Å². The molecule has 0 bridgehead atoms. The molecule has 0 rings (SSSR count). The van der Waals surface area contributed by atoms with E-state index in [0.29, 0.717) is 0 Å². The molecule has 0 saturated heterocycles. The first-order chi connectivity index (χ1) is 2.00. The van der Waals surface area contributed by atoms with Crippen LogP contribution in [0, 0.1) is 0 Å². The van der Waals surface area contributed by atoms with Crippen LogP contribution in [0.4, 0.5) is 4.70 Å². The molecule has 0 aromatic heterocycles. The van der Waals surface area contributed by atoms with E-state index in [1.807, 2.05) is 0 Å². The maximum atomic E-state index is 8.82. The van der Waals surface area contributed by atoms with Crippen LogP contribution in [-0.2, 0) is 21.2 Å². The Hall–Kier alpha value is 1.51. The van der Waals surface area contributed by atoms with Gasteiger partial charge < -0.3 is 0 Å². The summed E-state index contributed by atoms with van der Waals surface area (Å²) in [6.45, 7) is 0. The molecule has 0 aromatic carbocycles. The van der Waals surface area contributed by atoms with Crippen molar-refractivity contribution in [1.29, 1.82) is 0 Å². The molecule has 0 aliphatic heterocycles. The molecule has 0 aliphatic rings. The number of halogens is 1. The molecule has 0 spiro atoms. The summed E-state index contributed by atoms with van der Waals surface area (Å²) < 4.78 is 31.9. The SMILES string of the molecule is F.[MgH2].[MgH2].[O]=[Cr](=[O])([OH])[OH]. The molecule has 0 aliphatic carbocycles. The average molecular weight is 191 g/mol. The summed E-state index contributed by atoms with van der Waals surface area (Å²) in [6, 6.07) is 0. The third-order valence-corrected chi connectivity index (χ3v) is 0. The van der Waals surface area contributed by atoms with Crippen LogP contribution in [0.3, 0.4) is 0 Å². The monoisotopic (exact) mass is 190 g/mol. The van der Waals surface area contributed by atoms with Gasteiger partial charge in [0.15, 0.2) is 0 Å². The molecule has 0 atom stereocenters. The van der Waals surface area contributed by atoms with Gasteiger partial charge in [0.2, 0.25) is 0 Å². The van der Waals surface area contributed by atoms with Crippen LogP contribution in [0.1, 0.15) is 0 Å². The second kappa shape index (κ2) is 8.51. The minimum absolute atomic E-state index is 0. The van der Waals surface area contributed by atoms with Gasteiger partial charge in [-0.1, -0.05) is 0 Å². The summed E-state index contributed by atoms with van der Waals surface area (Å²) >= 11 is -5.25. The van der Waals surface area contributed by atoms with Gasteiger partial charge in [-0.05, 0) is 0 Å². The third kappa shape index (κ3) is 139. The van der Waals surface area contributed by atoms with Crippen molar-refractivity contribution in [3.05, 3.63) is 0 Å². The zero-order valence-corrected chi connectivity index (χ0v) is 3.80.